The van der Waals surface area contributed by atoms with Gasteiger partial charge in [0, 0.05) is 5.69 Å². The molecule has 0 saturated carbocycles. The summed E-state index contributed by atoms with van der Waals surface area (Å²) < 4.78 is 5.38. The molecule has 0 atom stereocenters. The zero-order valence-electron chi connectivity index (χ0n) is 16.7. The van der Waals surface area contributed by atoms with Crippen LogP contribution in [-0.4, -0.2) is 22.0 Å². The third-order valence-corrected chi connectivity index (χ3v) is 4.59. The zero-order chi connectivity index (χ0) is 19.7. The monoisotopic (exact) mass is 363 g/mol. The van der Waals surface area contributed by atoms with Gasteiger partial charge in [-0.3, -0.25) is 0 Å². The smallest absolute Gasteiger partial charge is 0.361 e. The van der Waals surface area contributed by atoms with Crippen molar-refractivity contribution in [2.24, 2.45) is 0 Å². The number of fused-ring (bicyclic) bond motifs is 1. The lowest BCUT2D eigenvalue weighted by Gasteiger charge is -2.14. The second-order valence-electron chi connectivity index (χ2n) is 7.22. The molecule has 0 spiro atoms. The second-order valence-corrected chi connectivity index (χ2v) is 7.22. The molecule has 0 bridgehead atoms. The number of benzene rings is 2. The van der Waals surface area contributed by atoms with E-state index in [9.17, 15) is 4.79 Å². The van der Waals surface area contributed by atoms with E-state index in [2.05, 4.69) is 22.2 Å². The Hall–Kier alpha value is -2.95. The van der Waals surface area contributed by atoms with E-state index in [0.29, 0.717) is 11.3 Å². The van der Waals surface area contributed by atoms with Gasteiger partial charge in [-0.25, -0.2) is 14.8 Å². The van der Waals surface area contributed by atoms with E-state index in [0.717, 1.165) is 27.9 Å². The molecule has 0 aliphatic heterocycles. The lowest BCUT2D eigenvalue weighted by atomic mass is 10.1. The van der Waals surface area contributed by atoms with E-state index >= 15 is 0 Å². The summed E-state index contributed by atoms with van der Waals surface area (Å²) in [6.45, 7) is 11.8. The summed E-state index contributed by atoms with van der Waals surface area (Å²) in [7, 11) is 0. The van der Waals surface area contributed by atoms with Gasteiger partial charge in [-0.2, -0.15) is 0 Å². The van der Waals surface area contributed by atoms with Crippen LogP contribution in [0.5, 0.6) is 0 Å². The van der Waals surface area contributed by atoms with Crippen LogP contribution in [0.1, 0.15) is 46.6 Å². The Morgan fingerprint density at radius 3 is 2.07 bits per heavy atom. The van der Waals surface area contributed by atoms with Crippen LogP contribution in [0.2, 0.25) is 0 Å². The molecule has 0 radical (unpaired) electrons. The number of carbonyl (C=O) groups excluding carboxylic acids is 1. The van der Waals surface area contributed by atoms with Crippen molar-refractivity contribution in [2.75, 3.05) is 5.32 Å². The largest absolute Gasteiger partial charge is 0.458 e. The van der Waals surface area contributed by atoms with Crippen molar-refractivity contribution in [2.45, 2.75) is 47.6 Å². The molecule has 5 heteroatoms. The van der Waals surface area contributed by atoms with Gasteiger partial charge in [0.05, 0.1) is 17.1 Å². The van der Waals surface area contributed by atoms with Gasteiger partial charge in [0.15, 0.2) is 11.5 Å². The van der Waals surface area contributed by atoms with E-state index in [4.69, 9.17) is 4.74 Å². The third kappa shape index (κ3) is 4.08. The molecule has 0 fully saturated rings. The highest BCUT2D eigenvalue weighted by atomic mass is 16.5. The highest BCUT2D eigenvalue weighted by molar-refractivity contribution is 5.96. The first-order valence-electron chi connectivity index (χ1n) is 9.09. The minimum absolute atomic E-state index is 0.192. The normalized spacial score (nSPS) is 11.1. The maximum Gasteiger partial charge on any atom is 0.361 e. The fraction of sp³-hybridized carbons (Fsp3) is 0.318. The molecule has 3 aromatic rings. The average Bonchev–Trinajstić information content (AvgIpc) is 2.58. The molecular formula is C22H25N3O2. The lowest BCUT2D eigenvalue weighted by molar-refractivity contribution is 0.0372. The van der Waals surface area contributed by atoms with Crippen LogP contribution in [0.15, 0.2) is 30.3 Å². The molecule has 0 aliphatic rings. The molecule has 1 N–H and O–H groups in total. The Kier molecular flexibility index (Phi) is 5.13. The summed E-state index contributed by atoms with van der Waals surface area (Å²) in [5, 5.41) is 3.25. The predicted octanol–water partition coefficient (Wildman–Crippen LogP) is 5.17. The first kappa shape index (κ1) is 18.8. The Bertz CT molecular complexity index is 1030. The van der Waals surface area contributed by atoms with Gasteiger partial charge < -0.3 is 10.1 Å². The Morgan fingerprint density at radius 1 is 0.889 bits per heavy atom. The number of hydrogen-bond donors (Lipinski definition) is 1. The first-order valence-corrected chi connectivity index (χ1v) is 9.09. The summed E-state index contributed by atoms with van der Waals surface area (Å²) in [5.41, 5.74) is 7.07. The highest BCUT2D eigenvalue weighted by Crippen LogP contribution is 2.25. The van der Waals surface area contributed by atoms with Crippen molar-refractivity contribution in [3.8, 4) is 0 Å². The summed E-state index contributed by atoms with van der Waals surface area (Å²) >= 11 is 0. The number of rotatable bonds is 4. The number of anilines is 2. The van der Waals surface area contributed by atoms with Crippen LogP contribution >= 0.6 is 0 Å². The molecular weight excluding hydrogens is 338 g/mol. The highest BCUT2D eigenvalue weighted by Gasteiger charge is 2.20. The molecule has 140 valence electrons. The molecule has 0 aliphatic carbocycles. The maximum absolute atomic E-state index is 12.6. The van der Waals surface area contributed by atoms with E-state index in [-0.39, 0.29) is 11.8 Å². The van der Waals surface area contributed by atoms with Gasteiger partial charge in [0.2, 0.25) is 0 Å². The van der Waals surface area contributed by atoms with E-state index < -0.39 is 5.97 Å². The number of nitrogens with one attached hydrogen (secondary N) is 1. The molecule has 27 heavy (non-hydrogen) atoms. The fourth-order valence-corrected chi connectivity index (χ4v) is 2.77. The summed E-state index contributed by atoms with van der Waals surface area (Å²) in [6.07, 6.45) is -0.232. The van der Waals surface area contributed by atoms with Crippen molar-refractivity contribution in [1.82, 2.24) is 9.97 Å². The lowest BCUT2D eigenvalue weighted by Crippen LogP contribution is -2.16. The van der Waals surface area contributed by atoms with Crippen molar-refractivity contribution >= 4 is 28.5 Å². The number of aryl methyl sites for hydroxylation is 4. The second kappa shape index (κ2) is 7.35. The molecule has 1 heterocycles. The van der Waals surface area contributed by atoms with Crippen LogP contribution < -0.4 is 5.32 Å². The molecule has 0 amide bonds. The minimum Gasteiger partial charge on any atom is -0.458 e. The van der Waals surface area contributed by atoms with Crippen LogP contribution in [0.4, 0.5) is 11.5 Å². The van der Waals surface area contributed by atoms with Crippen molar-refractivity contribution in [3.05, 3.63) is 58.3 Å². The Balaban J connectivity index is 2.13. The van der Waals surface area contributed by atoms with E-state index in [1.807, 2.05) is 65.0 Å². The van der Waals surface area contributed by atoms with Gasteiger partial charge >= 0.3 is 5.97 Å². The summed E-state index contributed by atoms with van der Waals surface area (Å²) in [5.74, 6) is -0.0800. The molecule has 0 unspecified atom stereocenters. The molecule has 2 aromatic carbocycles. The quantitative estimate of drug-likeness (QED) is 0.648. The third-order valence-electron chi connectivity index (χ3n) is 4.59. The SMILES string of the molecule is Cc1ccc(Nc2nc3cc(C)c(C)cc3nc2C(=O)OC(C)C)cc1C. The zero-order valence-corrected chi connectivity index (χ0v) is 16.7. The van der Waals surface area contributed by atoms with Crippen molar-refractivity contribution in [1.29, 1.82) is 0 Å². The van der Waals surface area contributed by atoms with Crippen LogP contribution in [0, 0.1) is 27.7 Å². The molecule has 0 saturated heterocycles. The standard InChI is InChI=1S/C22H25N3O2/c1-12(2)27-22(26)20-21(23-17-8-7-13(3)14(4)9-17)25-19-11-16(6)15(5)10-18(19)24-20/h7-12H,1-6H3,(H,23,25). The van der Waals surface area contributed by atoms with Crippen LogP contribution in [0.3, 0.4) is 0 Å². The number of carbonyl (C=O) groups is 1. The first-order chi connectivity index (χ1) is 12.7. The van der Waals surface area contributed by atoms with Gasteiger partial charge in [-0.15, -0.1) is 0 Å². The van der Waals surface area contributed by atoms with Gasteiger partial charge in [-0.05, 0) is 88.1 Å². The van der Waals surface area contributed by atoms with E-state index in [1.165, 1.54) is 5.56 Å². The number of esters is 1. The summed E-state index contributed by atoms with van der Waals surface area (Å²) in [4.78, 5) is 21.9. The van der Waals surface area contributed by atoms with Gasteiger partial charge in [-0.1, -0.05) is 6.07 Å². The topological polar surface area (TPSA) is 64.1 Å². The van der Waals surface area contributed by atoms with Crippen molar-refractivity contribution < 1.29 is 9.53 Å². The van der Waals surface area contributed by atoms with Crippen LogP contribution in [-0.2, 0) is 4.74 Å². The van der Waals surface area contributed by atoms with Crippen LogP contribution in [0.25, 0.3) is 11.0 Å². The average molecular weight is 363 g/mol. The Morgan fingerprint density at radius 2 is 1.48 bits per heavy atom. The number of ether oxygens (including phenoxy) is 1. The number of nitrogens with zero attached hydrogens (tertiary/aromatic N) is 2. The molecule has 3 rings (SSSR count). The summed E-state index contributed by atoms with van der Waals surface area (Å²) in [6, 6.07) is 9.96. The maximum atomic E-state index is 12.6. The fourth-order valence-electron chi connectivity index (χ4n) is 2.77. The number of aromatic nitrogens is 2. The van der Waals surface area contributed by atoms with Gasteiger partial charge in [0.25, 0.3) is 0 Å². The minimum atomic E-state index is -0.482. The predicted molar refractivity (Wildman–Crippen MR) is 109 cm³/mol. The van der Waals surface area contributed by atoms with Crippen molar-refractivity contribution in [3.63, 3.8) is 0 Å². The number of hydrogen-bond acceptors (Lipinski definition) is 5. The van der Waals surface area contributed by atoms with E-state index in [1.54, 1.807) is 0 Å². The van der Waals surface area contributed by atoms with Gasteiger partial charge in [0.1, 0.15) is 0 Å². The Labute approximate surface area is 159 Å². The molecule has 1 aromatic heterocycles. The molecule has 5 nitrogen and oxygen atoms in total.